The highest BCUT2D eigenvalue weighted by Crippen LogP contribution is 2.40. The molecule has 2 fully saturated rings. The van der Waals surface area contributed by atoms with E-state index in [1.165, 1.54) is 28.9 Å². The van der Waals surface area contributed by atoms with Crippen LogP contribution >= 0.6 is 0 Å². The highest BCUT2D eigenvalue weighted by atomic mass is 16.6. The Morgan fingerprint density at radius 1 is 1.18 bits per heavy atom. The molecular formula is C30H41N5O4. The molecule has 0 spiro atoms. The molecule has 2 aliphatic rings. The molecule has 2 heterocycles. The number of nitrogens with two attached hydrogens (primary N) is 1. The molecule has 1 saturated heterocycles. The summed E-state index contributed by atoms with van der Waals surface area (Å²) in [6, 6.07) is 10.6. The zero-order valence-electron chi connectivity index (χ0n) is 23.6. The van der Waals surface area contributed by atoms with Crippen molar-refractivity contribution in [2.75, 3.05) is 12.3 Å². The second-order valence-electron chi connectivity index (χ2n) is 11.9. The van der Waals surface area contributed by atoms with E-state index >= 15 is 0 Å². The number of nitrogens with zero attached hydrogens (tertiary/aromatic N) is 2. The average molecular weight is 536 g/mol. The minimum absolute atomic E-state index is 0.104. The molecule has 3 atom stereocenters. The van der Waals surface area contributed by atoms with E-state index in [0.717, 1.165) is 17.7 Å². The lowest BCUT2D eigenvalue weighted by Crippen LogP contribution is -2.52. The Morgan fingerprint density at radius 2 is 1.92 bits per heavy atom. The molecule has 0 bridgehead atoms. The monoisotopic (exact) mass is 535 g/mol. The molecule has 0 unspecified atom stereocenters. The van der Waals surface area contributed by atoms with Crippen LogP contribution in [0.5, 0.6) is 0 Å². The van der Waals surface area contributed by atoms with Gasteiger partial charge in [-0.2, -0.15) is 0 Å². The highest BCUT2D eigenvalue weighted by Gasteiger charge is 2.42. The molecule has 39 heavy (non-hydrogen) atoms. The van der Waals surface area contributed by atoms with Crippen LogP contribution < -0.4 is 16.4 Å². The number of likely N-dealkylation sites (tertiary alicyclic amines) is 1. The van der Waals surface area contributed by atoms with E-state index in [-0.39, 0.29) is 24.3 Å². The fourth-order valence-corrected chi connectivity index (χ4v) is 5.07. The first-order valence-corrected chi connectivity index (χ1v) is 13.8. The van der Waals surface area contributed by atoms with Crippen LogP contribution in [0, 0.1) is 12.8 Å². The molecule has 1 aromatic heterocycles. The Bertz CT molecular complexity index is 1220. The number of hydrogen-bond acceptors (Lipinski definition) is 6. The number of aromatic nitrogens is 1. The maximum atomic E-state index is 13.4. The van der Waals surface area contributed by atoms with E-state index < -0.39 is 23.8 Å². The molecule has 9 nitrogen and oxygen atoms in total. The molecule has 210 valence electrons. The van der Waals surface area contributed by atoms with Gasteiger partial charge in [0.05, 0.1) is 0 Å². The van der Waals surface area contributed by atoms with Gasteiger partial charge in [-0.15, -0.1) is 0 Å². The standard InChI is InChI=1S/C30H41N5O4/c1-18-24(11-12-26(31)33-18)16-32-27(36)19(2)34-28(37)25-15-21(17-35(25)29(38)39-30(3,4)5)13-20-7-6-8-23(14-20)22-9-10-22/h6-8,11-12,14,19,21-22,25H,9-10,13,15-17H2,1-5H3,(H2,31,33)(H,32,36)(H,34,37)/t19-,21-,25+/m0/s1. The van der Waals surface area contributed by atoms with Crippen LogP contribution in [0.15, 0.2) is 36.4 Å². The van der Waals surface area contributed by atoms with Crippen molar-refractivity contribution in [2.24, 2.45) is 5.92 Å². The van der Waals surface area contributed by atoms with Gasteiger partial charge in [0, 0.05) is 18.8 Å². The van der Waals surface area contributed by atoms with Gasteiger partial charge in [0.1, 0.15) is 23.5 Å². The number of aryl methyl sites for hydroxylation is 1. The Hall–Kier alpha value is -3.62. The molecule has 1 saturated carbocycles. The molecule has 9 heteroatoms. The molecule has 1 aliphatic carbocycles. The zero-order valence-corrected chi connectivity index (χ0v) is 23.6. The van der Waals surface area contributed by atoms with Gasteiger partial charge in [-0.25, -0.2) is 9.78 Å². The van der Waals surface area contributed by atoms with Crippen molar-refractivity contribution >= 4 is 23.7 Å². The topological polar surface area (TPSA) is 127 Å². The number of nitrogen functional groups attached to an aromatic ring is 1. The molecule has 2 aromatic rings. The Morgan fingerprint density at radius 3 is 2.59 bits per heavy atom. The summed E-state index contributed by atoms with van der Waals surface area (Å²) in [6.07, 6.45) is 3.24. The van der Waals surface area contributed by atoms with E-state index in [0.29, 0.717) is 24.7 Å². The Balaban J connectivity index is 1.40. The number of carbonyl (C=O) groups is 3. The van der Waals surface area contributed by atoms with E-state index in [1.54, 1.807) is 13.0 Å². The van der Waals surface area contributed by atoms with Gasteiger partial charge in [0.25, 0.3) is 0 Å². The normalized spacial score (nSPS) is 19.9. The Labute approximate surface area is 230 Å². The molecule has 1 aromatic carbocycles. The molecule has 3 amide bonds. The lowest BCUT2D eigenvalue weighted by Gasteiger charge is -2.28. The van der Waals surface area contributed by atoms with E-state index in [4.69, 9.17) is 10.5 Å². The number of anilines is 1. The van der Waals surface area contributed by atoms with Crippen LogP contribution in [-0.2, 0) is 27.3 Å². The minimum atomic E-state index is -0.783. The number of pyridine rings is 1. The van der Waals surface area contributed by atoms with Crippen molar-refractivity contribution < 1.29 is 19.1 Å². The van der Waals surface area contributed by atoms with Gasteiger partial charge >= 0.3 is 6.09 Å². The zero-order chi connectivity index (χ0) is 28.3. The third-order valence-electron chi connectivity index (χ3n) is 7.26. The van der Waals surface area contributed by atoms with E-state index in [1.807, 2.05) is 33.8 Å². The molecule has 4 N–H and O–H groups in total. The van der Waals surface area contributed by atoms with Gasteiger partial charge in [0.2, 0.25) is 11.8 Å². The quantitative estimate of drug-likeness (QED) is 0.471. The summed E-state index contributed by atoms with van der Waals surface area (Å²) < 4.78 is 5.63. The van der Waals surface area contributed by atoms with E-state index in [9.17, 15) is 14.4 Å². The number of carbonyl (C=O) groups excluding carboxylic acids is 3. The third-order valence-corrected chi connectivity index (χ3v) is 7.26. The second-order valence-corrected chi connectivity index (χ2v) is 11.9. The summed E-state index contributed by atoms with van der Waals surface area (Å²) in [4.78, 5) is 45.0. The summed E-state index contributed by atoms with van der Waals surface area (Å²) in [5.41, 5.74) is 9.19. The first kappa shape index (κ1) is 28.4. The van der Waals surface area contributed by atoms with Crippen molar-refractivity contribution in [3.05, 3.63) is 58.8 Å². The van der Waals surface area contributed by atoms with Crippen LogP contribution in [0.25, 0.3) is 0 Å². The van der Waals surface area contributed by atoms with Crippen molar-refractivity contribution in [3.8, 4) is 0 Å². The van der Waals surface area contributed by atoms with Crippen molar-refractivity contribution in [1.82, 2.24) is 20.5 Å². The summed E-state index contributed by atoms with van der Waals surface area (Å²) in [7, 11) is 0. The van der Waals surface area contributed by atoms with Gasteiger partial charge in [0.15, 0.2) is 0 Å². The molecule has 4 rings (SSSR count). The van der Waals surface area contributed by atoms with Gasteiger partial charge in [-0.05, 0) is 94.9 Å². The van der Waals surface area contributed by atoms with Crippen molar-refractivity contribution in [3.63, 3.8) is 0 Å². The van der Waals surface area contributed by atoms with Crippen molar-refractivity contribution in [1.29, 1.82) is 0 Å². The van der Waals surface area contributed by atoms with Crippen LogP contribution in [0.4, 0.5) is 10.6 Å². The highest BCUT2D eigenvalue weighted by molar-refractivity contribution is 5.91. The van der Waals surface area contributed by atoms with Crippen molar-refractivity contribution in [2.45, 2.75) is 90.4 Å². The summed E-state index contributed by atoms with van der Waals surface area (Å²) >= 11 is 0. The summed E-state index contributed by atoms with van der Waals surface area (Å²) in [5.74, 6) is 0.507. The first-order valence-electron chi connectivity index (χ1n) is 13.8. The maximum absolute atomic E-state index is 13.4. The number of nitrogens with one attached hydrogen (secondary N) is 2. The molecular weight excluding hydrogens is 494 g/mol. The maximum Gasteiger partial charge on any atom is 0.410 e. The summed E-state index contributed by atoms with van der Waals surface area (Å²) in [5, 5.41) is 5.65. The molecule has 1 aliphatic heterocycles. The van der Waals surface area contributed by atoms with Crippen LogP contribution in [0.2, 0.25) is 0 Å². The minimum Gasteiger partial charge on any atom is -0.444 e. The predicted octanol–water partition coefficient (Wildman–Crippen LogP) is 3.84. The smallest absolute Gasteiger partial charge is 0.410 e. The summed E-state index contributed by atoms with van der Waals surface area (Å²) in [6.45, 7) is 9.57. The third kappa shape index (κ3) is 7.71. The van der Waals surface area contributed by atoms with E-state index in [2.05, 4.69) is 39.9 Å². The number of ether oxygens (including phenoxy) is 1. The SMILES string of the molecule is Cc1nc(N)ccc1CNC(=O)[C@H](C)NC(=O)[C@H]1C[C@H](Cc2cccc(C3CC3)c2)CN1C(=O)OC(C)(C)C. The van der Waals surface area contributed by atoms with Crippen LogP contribution in [0.3, 0.4) is 0 Å². The van der Waals surface area contributed by atoms with Gasteiger partial charge < -0.3 is 21.1 Å². The lowest BCUT2D eigenvalue weighted by atomic mass is 9.95. The fourth-order valence-electron chi connectivity index (χ4n) is 5.07. The number of benzene rings is 1. The number of hydrogen-bond donors (Lipinski definition) is 3. The van der Waals surface area contributed by atoms with Crippen LogP contribution in [0.1, 0.15) is 75.3 Å². The average Bonchev–Trinajstić information content (AvgIpc) is 3.62. The number of amides is 3. The van der Waals surface area contributed by atoms with Gasteiger partial charge in [-0.3, -0.25) is 14.5 Å². The first-order chi connectivity index (χ1) is 18.4. The second kappa shape index (κ2) is 11.6. The Kier molecular flexibility index (Phi) is 8.47. The largest absolute Gasteiger partial charge is 0.444 e. The van der Waals surface area contributed by atoms with Crippen LogP contribution in [-0.4, -0.2) is 52.0 Å². The molecule has 0 radical (unpaired) electrons. The predicted molar refractivity (Wildman–Crippen MR) is 150 cm³/mol. The number of rotatable bonds is 8. The fraction of sp³-hybridized carbons (Fsp3) is 0.533. The lowest BCUT2D eigenvalue weighted by molar-refractivity contribution is -0.131. The van der Waals surface area contributed by atoms with Gasteiger partial charge in [-0.1, -0.05) is 30.3 Å².